The molecular formula is C16H30O2. The summed E-state index contributed by atoms with van der Waals surface area (Å²) in [6.45, 7) is 12.4. The van der Waals surface area contributed by atoms with Crippen molar-refractivity contribution in [1.82, 2.24) is 0 Å². The Bertz CT molecular complexity index is 273. The van der Waals surface area contributed by atoms with Crippen molar-refractivity contribution in [2.75, 3.05) is 0 Å². The van der Waals surface area contributed by atoms with Gasteiger partial charge in [0.15, 0.2) is 0 Å². The summed E-state index contributed by atoms with van der Waals surface area (Å²) in [6, 6.07) is 0. The molecule has 2 nitrogen and oxygen atoms in total. The summed E-state index contributed by atoms with van der Waals surface area (Å²) < 4.78 is 0. The average Bonchev–Trinajstić information content (AvgIpc) is 2.23. The fraction of sp³-hybridized carbons (Fsp3) is 0.875. The van der Waals surface area contributed by atoms with E-state index in [4.69, 9.17) is 0 Å². The van der Waals surface area contributed by atoms with Crippen LogP contribution in [0.25, 0.3) is 0 Å². The minimum absolute atomic E-state index is 0.0169. The van der Waals surface area contributed by atoms with E-state index in [0.29, 0.717) is 30.8 Å². The molecule has 0 aliphatic heterocycles. The molecule has 0 saturated carbocycles. The van der Waals surface area contributed by atoms with Crippen molar-refractivity contribution in [2.24, 2.45) is 17.3 Å². The maximum absolute atomic E-state index is 12.1. The summed E-state index contributed by atoms with van der Waals surface area (Å²) in [5.74, 6) is 0.844. The predicted molar refractivity (Wildman–Crippen MR) is 76.6 cm³/mol. The number of rotatable bonds is 8. The van der Waals surface area contributed by atoms with E-state index in [2.05, 4.69) is 27.7 Å². The number of unbranched alkanes of at least 4 members (excludes halogenated alkanes) is 1. The normalized spacial score (nSPS) is 15.2. The molecule has 0 aromatic rings. The number of hydrogen-bond donors (Lipinski definition) is 0. The van der Waals surface area contributed by atoms with Crippen LogP contribution in [0.4, 0.5) is 0 Å². The molecule has 0 spiro atoms. The quantitative estimate of drug-likeness (QED) is 0.643. The highest BCUT2D eigenvalue weighted by molar-refractivity contribution is 5.83. The lowest BCUT2D eigenvalue weighted by Gasteiger charge is -2.26. The molecule has 0 bridgehead atoms. The number of carbonyl (C=O) groups is 2. The predicted octanol–water partition coefficient (Wildman–Crippen LogP) is 4.41. The van der Waals surface area contributed by atoms with Gasteiger partial charge in [-0.1, -0.05) is 48.0 Å². The minimum atomic E-state index is 0.0169. The molecule has 0 amide bonds. The Hall–Kier alpha value is -0.660. The Morgan fingerprint density at radius 1 is 1.06 bits per heavy atom. The van der Waals surface area contributed by atoms with E-state index in [0.717, 1.165) is 12.8 Å². The summed E-state index contributed by atoms with van der Waals surface area (Å²) in [5, 5.41) is 0. The second kappa shape index (κ2) is 7.70. The molecule has 0 aromatic carbocycles. The second-order valence-electron chi connectivity index (χ2n) is 6.71. The Balaban J connectivity index is 4.12. The molecule has 0 rings (SSSR count). The van der Waals surface area contributed by atoms with Gasteiger partial charge in [-0.25, -0.2) is 0 Å². The molecular weight excluding hydrogens is 224 g/mol. The van der Waals surface area contributed by atoms with Crippen molar-refractivity contribution >= 4 is 11.6 Å². The highest BCUT2D eigenvalue weighted by atomic mass is 16.1. The zero-order valence-electron chi connectivity index (χ0n) is 13.0. The van der Waals surface area contributed by atoms with Crippen LogP contribution in [0.1, 0.15) is 73.6 Å². The van der Waals surface area contributed by atoms with Gasteiger partial charge in [-0.3, -0.25) is 9.59 Å². The van der Waals surface area contributed by atoms with Gasteiger partial charge in [-0.2, -0.15) is 0 Å². The van der Waals surface area contributed by atoms with Crippen molar-refractivity contribution in [1.29, 1.82) is 0 Å². The van der Waals surface area contributed by atoms with Gasteiger partial charge in [0.05, 0.1) is 0 Å². The van der Waals surface area contributed by atoms with E-state index in [9.17, 15) is 9.59 Å². The van der Waals surface area contributed by atoms with Crippen LogP contribution in [0.2, 0.25) is 0 Å². The Morgan fingerprint density at radius 3 is 2.06 bits per heavy atom. The van der Waals surface area contributed by atoms with Crippen molar-refractivity contribution in [3.05, 3.63) is 0 Å². The number of carbonyl (C=O) groups excluding carboxylic acids is 2. The monoisotopic (exact) mass is 254 g/mol. The third kappa shape index (κ3) is 6.93. The third-order valence-corrected chi connectivity index (χ3v) is 3.72. The Morgan fingerprint density at radius 2 is 1.61 bits per heavy atom. The van der Waals surface area contributed by atoms with Crippen LogP contribution in [0.3, 0.4) is 0 Å². The van der Waals surface area contributed by atoms with Gasteiger partial charge in [0.25, 0.3) is 0 Å². The summed E-state index contributed by atoms with van der Waals surface area (Å²) in [5.41, 5.74) is 0.0169. The van der Waals surface area contributed by atoms with Crippen LogP contribution in [0.5, 0.6) is 0 Å². The maximum Gasteiger partial charge on any atom is 0.136 e. The van der Waals surface area contributed by atoms with Crippen LogP contribution in [-0.2, 0) is 9.59 Å². The zero-order chi connectivity index (χ0) is 14.3. The summed E-state index contributed by atoms with van der Waals surface area (Å²) >= 11 is 0. The topological polar surface area (TPSA) is 34.1 Å². The van der Waals surface area contributed by atoms with Crippen LogP contribution < -0.4 is 0 Å². The molecule has 0 heterocycles. The number of hydrogen-bond acceptors (Lipinski definition) is 2. The van der Waals surface area contributed by atoms with E-state index < -0.39 is 0 Å². The van der Waals surface area contributed by atoms with Gasteiger partial charge in [-0.05, 0) is 17.8 Å². The smallest absolute Gasteiger partial charge is 0.136 e. The first-order valence-corrected chi connectivity index (χ1v) is 7.22. The lowest BCUT2D eigenvalue weighted by Crippen LogP contribution is -2.27. The molecule has 0 aliphatic rings. The third-order valence-electron chi connectivity index (χ3n) is 3.72. The molecule has 0 aliphatic carbocycles. The van der Waals surface area contributed by atoms with E-state index >= 15 is 0 Å². The molecule has 0 aromatic heterocycles. The molecule has 0 radical (unpaired) electrons. The van der Waals surface area contributed by atoms with Crippen LogP contribution in [-0.4, -0.2) is 11.6 Å². The summed E-state index contributed by atoms with van der Waals surface area (Å²) in [7, 11) is 0. The molecule has 2 atom stereocenters. The maximum atomic E-state index is 12.1. The molecule has 18 heavy (non-hydrogen) atoms. The number of ketones is 2. The van der Waals surface area contributed by atoms with Crippen LogP contribution >= 0.6 is 0 Å². The molecule has 0 N–H and O–H groups in total. The van der Waals surface area contributed by atoms with E-state index in [-0.39, 0.29) is 17.3 Å². The highest BCUT2D eigenvalue weighted by Crippen LogP contribution is 2.28. The summed E-state index contributed by atoms with van der Waals surface area (Å²) in [4.78, 5) is 23.7. The summed E-state index contributed by atoms with van der Waals surface area (Å²) in [6.07, 6.45) is 3.79. The highest BCUT2D eigenvalue weighted by Gasteiger charge is 2.27. The lowest BCUT2D eigenvalue weighted by molar-refractivity contribution is -0.126. The largest absolute Gasteiger partial charge is 0.300 e. The molecule has 2 unspecified atom stereocenters. The first kappa shape index (κ1) is 17.3. The van der Waals surface area contributed by atoms with E-state index in [1.54, 1.807) is 0 Å². The van der Waals surface area contributed by atoms with Gasteiger partial charge in [0.2, 0.25) is 0 Å². The first-order valence-electron chi connectivity index (χ1n) is 7.22. The van der Waals surface area contributed by atoms with Crippen molar-refractivity contribution < 1.29 is 9.59 Å². The van der Waals surface area contributed by atoms with Gasteiger partial charge < -0.3 is 0 Å². The molecule has 106 valence electrons. The Labute approximate surface area is 113 Å². The van der Waals surface area contributed by atoms with Crippen LogP contribution in [0, 0.1) is 17.3 Å². The fourth-order valence-corrected chi connectivity index (χ4v) is 1.94. The first-order chi connectivity index (χ1) is 8.18. The number of Topliss-reactive ketones (excluding diaryl/α,β-unsaturated/α-hetero) is 2. The van der Waals surface area contributed by atoms with Gasteiger partial charge >= 0.3 is 0 Å². The zero-order valence-corrected chi connectivity index (χ0v) is 13.0. The average molecular weight is 254 g/mol. The molecule has 2 heteroatoms. The molecule has 0 fully saturated rings. The second-order valence-corrected chi connectivity index (χ2v) is 6.71. The van der Waals surface area contributed by atoms with Gasteiger partial charge in [-0.15, -0.1) is 0 Å². The van der Waals surface area contributed by atoms with Gasteiger partial charge in [0, 0.05) is 25.2 Å². The van der Waals surface area contributed by atoms with Crippen molar-refractivity contribution in [3.8, 4) is 0 Å². The van der Waals surface area contributed by atoms with Crippen molar-refractivity contribution in [3.63, 3.8) is 0 Å². The van der Waals surface area contributed by atoms with E-state index in [1.165, 1.54) is 0 Å². The molecule has 0 saturated heterocycles. The fourth-order valence-electron chi connectivity index (χ4n) is 1.94. The van der Waals surface area contributed by atoms with Crippen molar-refractivity contribution in [2.45, 2.75) is 73.6 Å². The SMILES string of the molecule is CCCCC(=O)CC(C)CC(=O)C(C)C(C)(C)C. The van der Waals surface area contributed by atoms with E-state index in [1.807, 2.05) is 13.8 Å². The van der Waals surface area contributed by atoms with Gasteiger partial charge in [0.1, 0.15) is 11.6 Å². The lowest BCUT2D eigenvalue weighted by atomic mass is 9.77. The van der Waals surface area contributed by atoms with Crippen LogP contribution in [0.15, 0.2) is 0 Å². The minimum Gasteiger partial charge on any atom is -0.300 e. The Kier molecular flexibility index (Phi) is 7.42. The standard InChI is InChI=1S/C16H30O2/c1-7-8-9-14(17)10-12(2)11-15(18)13(3)16(4,5)6/h12-13H,7-11H2,1-6H3.